The predicted octanol–water partition coefficient (Wildman–Crippen LogP) is 5.26. The van der Waals surface area contributed by atoms with Crippen molar-refractivity contribution in [3.63, 3.8) is 0 Å². The fraction of sp³-hybridized carbons (Fsp3) is 0. The van der Waals surface area contributed by atoms with E-state index in [-0.39, 0.29) is 0 Å². The van der Waals surface area contributed by atoms with Gasteiger partial charge in [0.1, 0.15) is 0 Å². The third-order valence-electron chi connectivity index (χ3n) is 3.03. The molecule has 2 heterocycles. The molecule has 4 aromatic rings. The molecule has 2 aromatic heterocycles. The molecule has 20 heavy (non-hydrogen) atoms. The minimum Gasteiger partial charge on any atom is -0.226 e. The number of fused-ring (bicyclic) bond motifs is 2. The van der Waals surface area contributed by atoms with Crippen molar-refractivity contribution in [2.24, 2.45) is 4.99 Å². The van der Waals surface area contributed by atoms with E-state index in [4.69, 9.17) is 0 Å². The zero-order chi connectivity index (χ0) is 13.4. The first-order chi connectivity index (χ1) is 9.88. The number of aliphatic imine (C=N–C) groups is 1. The van der Waals surface area contributed by atoms with Crippen LogP contribution < -0.4 is 0 Å². The summed E-state index contributed by atoms with van der Waals surface area (Å²) in [5.41, 5.74) is 1.01. The number of benzene rings is 2. The highest BCUT2D eigenvalue weighted by Crippen LogP contribution is 2.28. The van der Waals surface area contributed by atoms with Gasteiger partial charge in [-0.3, -0.25) is 0 Å². The summed E-state index contributed by atoms with van der Waals surface area (Å²) >= 11 is 3.37. The van der Waals surface area contributed by atoms with Crippen LogP contribution in [0, 0.1) is 0 Å². The minimum absolute atomic E-state index is 0.809. The number of rotatable bonds is 2. The predicted molar refractivity (Wildman–Crippen MR) is 88.7 cm³/mol. The standard InChI is InChI=1S/C16H10N2S2/c1-3-7-14-11(5-1)9-12(19-14)10-17-16-18-13-6-2-4-8-15(13)20-16/h1-10H/b17-10+. The smallest absolute Gasteiger partial charge is 0.210 e. The number of hydrogen-bond donors (Lipinski definition) is 0. The van der Waals surface area contributed by atoms with Crippen LogP contribution in [-0.4, -0.2) is 11.2 Å². The summed E-state index contributed by atoms with van der Waals surface area (Å²) in [6.07, 6.45) is 1.91. The second-order valence-electron chi connectivity index (χ2n) is 4.41. The molecule has 0 saturated carbocycles. The number of para-hydroxylation sites is 1. The highest BCUT2D eigenvalue weighted by Gasteiger charge is 2.02. The second-order valence-corrected chi connectivity index (χ2v) is 6.53. The van der Waals surface area contributed by atoms with Gasteiger partial charge in [-0.2, -0.15) is 0 Å². The average molecular weight is 294 g/mol. The van der Waals surface area contributed by atoms with Gasteiger partial charge in [-0.25, -0.2) is 9.98 Å². The van der Waals surface area contributed by atoms with Crippen LogP contribution in [0.3, 0.4) is 0 Å². The Morgan fingerprint density at radius 1 is 0.900 bits per heavy atom. The summed E-state index contributed by atoms with van der Waals surface area (Å²) in [6.45, 7) is 0. The second kappa shape index (κ2) is 4.81. The monoisotopic (exact) mass is 294 g/mol. The SMILES string of the molecule is C(=N\c1nc2ccccc2s1)/c1cc2ccccc2s1. The Morgan fingerprint density at radius 3 is 2.55 bits per heavy atom. The molecule has 0 saturated heterocycles. The molecule has 0 spiro atoms. The largest absolute Gasteiger partial charge is 0.226 e. The average Bonchev–Trinajstić information content (AvgIpc) is 3.07. The Bertz CT molecular complexity index is 776. The van der Waals surface area contributed by atoms with Gasteiger partial charge in [-0.05, 0) is 29.7 Å². The Labute approximate surface area is 124 Å². The van der Waals surface area contributed by atoms with E-state index in [1.165, 1.54) is 14.8 Å². The maximum atomic E-state index is 4.51. The summed E-state index contributed by atoms with van der Waals surface area (Å²) in [6, 6.07) is 18.7. The molecule has 0 aliphatic carbocycles. The van der Waals surface area contributed by atoms with Crippen LogP contribution in [0.1, 0.15) is 4.88 Å². The molecule has 0 radical (unpaired) electrons. The van der Waals surface area contributed by atoms with Crippen LogP contribution in [0.5, 0.6) is 0 Å². The van der Waals surface area contributed by atoms with Crippen molar-refractivity contribution < 1.29 is 0 Å². The van der Waals surface area contributed by atoms with Crippen LogP contribution in [0.15, 0.2) is 59.6 Å². The van der Waals surface area contributed by atoms with E-state index in [0.717, 1.165) is 15.5 Å². The quantitative estimate of drug-likeness (QED) is 0.463. The van der Waals surface area contributed by atoms with Gasteiger partial charge in [-0.15, -0.1) is 11.3 Å². The molecular formula is C16H10N2S2. The highest BCUT2D eigenvalue weighted by atomic mass is 32.1. The van der Waals surface area contributed by atoms with Gasteiger partial charge in [0.2, 0.25) is 5.13 Å². The Balaban J connectivity index is 1.70. The van der Waals surface area contributed by atoms with Crippen molar-refractivity contribution in [3.8, 4) is 0 Å². The molecule has 4 rings (SSSR count). The van der Waals surface area contributed by atoms with Crippen molar-refractivity contribution in [1.29, 1.82) is 0 Å². The first kappa shape index (κ1) is 11.8. The molecule has 0 aliphatic heterocycles. The lowest BCUT2D eigenvalue weighted by molar-refractivity contribution is 1.42. The van der Waals surface area contributed by atoms with Gasteiger partial charge >= 0.3 is 0 Å². The van der Waals surface area contributed by atoms with Gasteiger partial charge in [0.25, 0.3) is 0 Å². The van der Waals surface area contributed by atoms with E-state index in [1.54, 1.807) is 22.7 Å². The summed E-state index contributed by atoms with van der Waals surface area (Å²) in [7, 11) is 0. The highest BCUT2D eigenvalue weighted by molar-refractivity contribution is 7.22. The zero-order valence-corrected chi connectivity index (χ0v) is 12.1. The Hall–Kier alpha value is -2.04. The number of thiophene rings is 1. The van der Waals surface area contributed by atoms with Crippen LogP contribution in [0.2, 0.25) is 0 Å². The molecule has 4 heteroatoms. The molecule has 0 atom stereocenters. The van der Waals surface area contributed by atoms with E-state index < -0.39 is 0 Å². The molecule has 0 bridgehead atoms. The maximum absolute atomic E-state index is 4.51. The van der Waals surface area contributed by atoms with Crippen molar-refractivity contribution in [2.45, 2.75) is 0 Å². The first-order valence-corrected chi connectivity index (χ1v) is 7.90. The first-order valence-electron chi connectivity index (χ1n) is 6.27. The van der Waals surface area contributed by atoms with E-state index in [2.05, 4.69) is 46.4 Å². The molecule has 96 valence electrons. The minimum atomic E-state index is 0.809. The third-order valence-corrected chi connectivity index (χ3v) is 5.02. The maximum Gasteiger partial charge on any atom is 0.210 e. The van der Waals surface area contributed by atoms with Gasteiger partial charge in [0.15, 0.2) is 0 Å². The summed E-state index contributed by atoms with van der Waals surface area (Å²) in [5, 5.41) is 2.08. The summed E-state index contributed by atoms with van der Waals surface area (Å²) in [4.78, 5) is 10.2. The number of nitrogens with zero attached hydrogens (tertiary/aromatic N) is 2. The van der Waals surface area contributed by atoms with E-state index >= 15 is 0 Å². The van der Waals surface area contributed by atoms with Gasteiger partial charge in [-0.1, -0.05) is 41.7 Å². The zero-order valence-electron chi connectivity index (χ0n) is 10.5. The van der Waals surface area contributed by atoms with Crippen molar-refractivity contribution in [1.82, 2.24) is 4.98 Å². The molecule has 2 aromatic carbocycles. The van der Waals surface area contributed by atoms with E-state index in [0.29, 0.717) is 0 Å². The van der Waals surface area contributed by atoms with E-state index in [1.807, 2.05) is 24.4 Å². The molecular weight excluding hydrogens is 284 g/mol. The normalized spacial score (nSPS) is 11.8. The Kier molecular flexibility index (Phi) is 2.83. The van der Waals surface area contributed by atoms with E-state index in [9.17, 15) is 0 Å². The molecule has 2 nitrogen and oxygen atoms in total. The van der Waals surface area contributed by atoms with Crippen LogP contribution in [-0.2, 0) is 0 Å². The number of aromatic nitrogens is 1. The lowest BCUT2D eigenvalue weighted by atomic mass is 10.2. The van der Waals surface area contributed by atoms with Crippen molar-refractivity contribution in [2.75, 3.05) is 0 Å². The lowest BCUT2D eigenvalue weighted by Gasteiger charge is -1.82. The van der Waals surface area contributed by atoms with Gasteiger partial charge in [0, 0.05) is 15.8 Å². The lowest BCUT2D eigenvalue weighted by Crippen LogP contribution is -1.70. The number of hydrogen-bond acceptors (Lipinski definition) is 4. The van der Waals surface area contributed by atoms with Crippen LogP contribution >= 0.6 is 22.7 Å². The van der Waals surface area contributed by atoms with Gasteiger partial charge in [0.05, 0.1) is 10.2 Å². The fourth-order valence-electron chi connectivity index (χ4n) is 2.10. The Morgan fingerprint density at radius 2 is 1.70 bits per heavy atom. The van der Waals surface area contributed by atoms with Crippen LogP contribution in [0.25, 0.3) is 20.3 Å². The topological polar surface area (TPSA) is 25.2 Å². The molecule has 0 amide bonds. The van der Waals surface area contributed by atoms with Crippen LogP contribution in [0.4, 0.5) is 5.13 Å². The van der Waals surface area contributed by atoms with Gasteiger partial charge < -0.3 is 0 Å². The number of thiazole rings is 1. The molecule has 0 fully saturated rings. The van der Waals surface area contributed by atoms with Crippen molar-refractivity contribution in [3.05, 3.63) is 59.5 Å². The molecule has 0 aliphatic rings. The van der Waals surface area contributed by atoms with Crippen molar-refractivity contribution >= 4 is 54.3 Å². The summed E-state index contributed by atoms with van der Waals surface area (Å²) < 4.78 is 2.47. The fourth-order valence-corrected chi connectivity index (χ4v) is 3.85. The molecule has 0 unspecified atom stereocenters. The molecule has 0 N–H and O–H groups in total. The summed E-state index contributed by atoms with van der Waals surface area (Å²) in [5.74, 6) is 0. The third kappa shape index (κ3) is 2.13.